The van der Waals surface area contributed by atoms with Crippen molar-refractivity contribution in [1.82, 2.24) is 15.2 Å². The van der Waals surface area contributed by atoms with Crippen LogP contribution in [0.2, 0.25) is 0 Å². The summed E-state index contributed by atoms with van der Waals surface area (Å²) in [7, 11) is 0. The van der Waals surface area contributed by atoms with Crippen molar-refractivity contribution in [1.29, 1.82) is 0 Å². The Morgan fingerprint density at radius 1 is 0.708 bits per heavy atom. The van der Waals surface area contributed by atoms with Crippen molar-refractivity contribution in [2.24, 2.45) is 5.10 Å². The minimum Gasteiger partial charge on any atom is -0.489 e. The Morgan fingerprint density at radius 3 is 2.08 bits per heavy atom. The van der Waals surface area contributed by atoms with Gasteiger partial charge in [-0.05, 0) is 66.2 Å². The number of carbonyl (C=O) groups is 3. The highest BCUT2D eigenvalue weighted by Gasteiger charge is 2.18. The molecule has 48 heavy (non-hydrogen) atoms. The van der Waals surface area contributed by atoms with Crippen LogP contribution < -0.4 is 20.8 Å². The van der Waals surface area contributed by atoms with Crippen LogP contribution in [0.4, 0.5) is 11.4 Å². The third-order valence-electron chi connectivity index (χ3n) is 7.17. The second kappa shape index (κ2) is 15.0. The monoisotopic (exact) mass is 634 g/mol. The van der Waals surface area contributed by atoms with E-state index in [4.69, 9.17) is 9.84 Å². The number of benzene rings is 5. The first-order chi connectivity index (χ1) is 23.5. The maximum Gasteiger partial charge on any atom is 0.329 e. The van der Waals surface area contributed by atoms with Crippen molar-refractivity contribution in [2.75, 3.05) is 10.6 Å². The highest BCUT2D eigenvalue weighted by atomic mass is 16.5. The zero-order chi connectivity index (χ0) is 33.1. The number of rotatable bonds is 10. The number of nitrogens with one attached hydrogen (secondary N) is 3. The smallest absolute Gasteiger partial charge is 0.329 e. The van der Waals surface area contributed by atoms with Crippen LogP contribution in [-0.4, -0.2) is 33.7 Å². The maximum absolute atomic E-state index is 12.9. The van der Waals surface area contributed by atoms with E-state index in [9.17, 15) is 14.4 Å². The van der Waals surface area contributed by atoms with E-state index in [-0.39, 0.29) is 11.3 Å². The van der Waals surface area contributed by atoms with Gasteiger partial charge in [0.05, 0.1) is 23.2 Å². The molecule has 6 aromatic rings. The number of hydrogen-bond donors (Lipinski definition) is 3. The first-order valence-electron chi connectivity index (χ1n) is 15.1. The van der Waals surface area contributed by atoms with Crippen molar-refractivity contribution >= 4 is 35.3 Å². The quantitative estimate of drug-likeness (QED) is 0.0906. The summed E-state index contributed by atoms with van der Waals surface area (Å²) >= 11 is 0. The zero-order valence-corrected chi connectivity index (χ0v) is 25.6. The lowest BCUT2D eigenvalue weighted by Gasteiger charge is -2.11. The summed E-state index contributed by atoms with van der Waals surface area (Å²) in [5.74, 6) is -1.73. The van der Waals surface area contributed by atoms with E-state index in [2.05, 4.69) is 21.2 Å². The summed E-state index contributed by atoms with van der Waals surface area (Å²) in [4.78, 5) is 38.4. The fourth-order valence-electron chi connectivity index (χ4n) is 4.77. The Hall–Kier alpha value is -6.81. The minimum atomic E-state index is -1.01. The Morgan fingerprint density at radius 2 is 1.35 bits per heavy atom. The number of ether oxygens (including phenoxy) is 1. The molecule has 10 nitrogen and oxygen atoms in total. The third-order valence-corrected chi connectivity index (χ3v) is 7.17. The molecular formula is C38H30N6O4. The van der Waals surface area contributed by atoms with Crippen LogP contribution in [0.5, 0.6) is 5.75 Å². The van der Waals surface area contributed by atoms with E-state index in [0.29, 0.717) is 29.3 Å². The van der Waals surface area contributed by atoms with E-state index >= 15 is 0 Å². The Labute approximate surface area is 276 Å². The first-order valence-corrected chi connectivity index (χ1v) is 15.1. The Bertz CT molecular complexity index is 2040. The molecule has 0 radical (unpaired) electrons. The van der Waals surface area contributed by atoms with Crippen molar-refractivity contribution in [3.05, 3.63) is 162 Å². The normalized spacial score (nSPS) is 10.8. The van der Waals surface area contributed by atoms with Gasteiger partial charge in [-0.15, -0.1) is 0 Å². The number of aromatic nitrogens is 2. The van der Waals surface area contributed by atoms with Crippen molar-refractivity contribution < 1.29 is 19.1 Å². The van der Waals surface area contributed by atoms with Gasteiger partial charge in [0.15, 0.2) is 0 Å². The van der Waals surface area contributed by atoms with E-state index < -0.39 is 17.7 Å². The summed E-state index contributed by atoms with van der Waals surface area (Å²) in [6.45, 7) is 0.445. The standard InChI is InChI=1S/C38H30N6O4/c45-36(40-30-14-6-2-7-15-30)33-18-10-11-19-34(33)41-37(46)38(47)42-39-24-29-25-44(31-16-8-3-9-17-31)43-35(29)28-20-22-32(23-21-28)48-26-27-12-4-1-5-13-27/h1-25H,26H2,(H,40,45)(H,41,46)(H,42,47)/b39-24+. The van der Waals surface area contributed by atoms with Crippen LogP contribution in [0.15, 0.2) is 151 Å². The molecule has 0 aliphatic carbocycles. The van der Waals surface area contributed by atoms with Gasteiger partial charge in [0, 0.05) is 23.0 Å². The van der Waals surface area contributed by atoms with Gasteiger partial charge in [-0.25, -0.2) is 10.1 Å². The molecule has 0 aliphatic heterocycles. The lowest BCUT2D eigenvalue weighted by molar-refractivity contribution is -0.136. The molecule has 0 bridgehead atoms. The van der Waals surface area contributed by atoms with Gasteiger partial charge in [-0.1, -0.05) is 78.9 Å². The molecule has 0 spiro atoms. The van der Waals surface area contributed by atoms with Gasteiger partial charge in [-0.2, -0.15) is 10.2 Å². The van der Waals surface area contributed by atoms with Gasteiger partial charge in [-0.3, -0.25) is 14.4 Å². The molecule has 1 aromatic heterocycles. The van der Waals surface area contributed by atoms with Gasteiger partial charge < -0.3 is 15.4 Å². The molecule has 0 fully saturated rings. The predicted octanol–water partition coefficient (Wildman–Crippen LogP) is 6.46. The van der Waals surface area contributed by atoms with E-state index in [1.807, 2.05) is 91.0 Å². The van der Waals surface area contributed by atoms with Crippen LogP contribution in [0.3, 0.4) is 0 Å². The molecule has 5 aromatic carbocycles. The molecular weight excluding hydrogens is 604 g/mol. The van der Waals surface area contributed by atoms with Crippen molar-refractivity contribution in [3.8, 4) is 22.7 Å². The molecule has 0 saturated heterocycles. The number of nitrogens with zero attached hydrogens (tertiary/aromatic N) is 3. The van der Waals surface area contributed by atoms with Crippen molar-refractivity contribution in [3.63, 3.8) is 0 Å². The molecule has 0 saturated carbocycles. The predicted molar refractivity (Wildman–Crippen MR) is 185 cm³/mol. The molecule has 0 unspecified atom stereocenters. The first kappa shape index (κ1) is 31.2. The summed E-state index contributed by atoms with van der Waals surface area (Å²) in [6.07, 6.45) is 3.20. The second-order valence-corrected chi connectivity index (χ2v) is 10.5. The summed E-state index contributed by atoms with van der Waals surface area (Å²) in [5.41, 5.74) is 7.14. The molecule has 1 heterocycles. The average molecular weight is 635 g/mol. The molecule has 0 atom stereocenters. The molecule has 0 aliphatic rings. The molecule has 3 amide bonds. The van der Waals surface area contributed by atoms with E-state index in [1.165, 1.54) is 12.3 Å². The number of para-hydroxylation sites is 3. The molecule has 6 rings (SSSR count). The van der Waals surface area contributed by atoms with Crippen LogP contribution in [-0.2, 0) is 16.2 Å². The van der Waals surface area contributed by atoms with E-state index in [1.54, 1.807) is 53.3 Å². The Kier molecular flexibility index (Phi) is 9.73. The van der Waals surface area contributed by atoms with Crippen LogP contribution in [0.25, 0.3) is 16.9 Å². The largest absolute Gasteiger partial charge is 0.489 e. The van der Waals surface area contributed by atoms with Crippen LogP contribution in [0.1, 0.15) is 21.5 Å². The van der Waals surface area contributed by atoms with Gasteiger partial charge in [0.2, 0.25) is 0 Å². The fraction of sp³-hybridized carbons (Fsp3) is 0.0263. The SMILES string of the molecule is O=C(N/N=C/c1cn(-c2ccccc2)nc1-c1ccc(OCc2ccccc2)cc1)C(=O)Nc1ccccc1C(=O)Nc1ccccc1. The number of anilines is 2. The van der Waals surface area contributed by atoms with Crippen LogP contribution in [0, 0.1) is 0 Å². The lowest BCUT2D eigenvalue weighted by atomic mass is 10.1. The van der Waals surface area contributed by atoms with Gasteiger partial charge in [0.1, 0.15) is 18.1 Å². The van der Waals surface area contributed by atoms with Gasteiger partial charge >= 0.3 is 11.8 Å². The third kappa shape index (κ3) is 7.88. The van der Waals surface area contributed by atoms with E-state index in [0.717, 1.165) is 16.8 Å². The number of hydrogen-bond acceptors (Lipinski definition) is 6. The average Bonchev–Trinajstić information content (AvgIpc) is 3.56. The molecule has 3 N–H and O–H groups in total. The lowest BCUT2D eigenvalue weighted by Crippen LogP contribution is -2.33. The molecule has 236 valence electrons. The number of hydrazone groups is 1. The Balaban J connectivity index is 1.15. The summed E-state index contributed by atoms with van der Waals surface area (Å²) in [6, 6.07) is 42.3. The van der Waals surface area contributed by atoms with Crippen LogP contribution >= 0.6 is 0 Å². The van der Waals surface area contributed by atoms with Gasteiger partial charge in [0.25, 0.3) is 5.91 Å². The zero-order valence-electron chi connectivity index (χ0n) is 25.6. The summed E-state index contributed by atoms with van der Waals surface area (Å²) < 4.78 is 7.64. The fourth-order valence-corrected chi connectivity index (χ4v) is 4.77. The second-order valence-electron chi connectivity index (χ2n) is 10.5. The highest BCUT2D eigenvalue weighted by Crippen LogP contribution is 2.26. The highest BCUT2D eigenvalue weighted by molar-refractivity contribution is 6.40. The number of amides is 3. The maximum atomic E-state index is 12.9. The number of carbonyl (C=O) groups excluding carboxylic acids is 3. The minimum absolute atomic E-state index is 0.178. The topological polar surface area (TPSA) is 127 Å². The summed E-state index contributed by atoms with van der Waals surface area (Å²) in [5, 5.41) is 14.1. The molecule has 10 heteroatoms. The van der Waals surface area contributed by atoms with Crippen molar-refractivity contribution in [2.45, 2.75) is 6.61 Å².